The van der Waals surface area contributed by atoms with Gasteiger partial charge in [-0.1, -0.05) is 35.3 Å². The van der Waals surface area contributed by atoms with Crippen LogP contribution in [0.1, 0.15) is 79.1 Å². The van der Waals surface area contributed by atoms with Crippen LogP contribution < -0.4 is 21.3 Å². The molecule has 5 N–H and O–H groups in total. The number of nitrogens with one attached hydrogen (secondary N) is 3. The van der Waals surface area contributed by atoms with Crippen molar-refractivity contribution < 1.29 is 14.4 Å². The van der Waals surface area contributed by atoms with Crippen LogP contribution in [-0.2, 0) is 27.1 Å². The Bertz CT molecular complexity index is 1900. The summed E-state index contributed by atoms with van der Waals surface area (Å²) in [5.74, 6) is 1.11. The first-order valence-electron chi connectivity index (χ1n) is 15.3. The van der Waals surface area contributed by atoms with Gasteiger partial charge in [0.25, 0.3) is 11.8 Å². The highest BCUT2D eigenvalue weighted by Gasteiger charge is 2.58. The lowest BCUT2D eigenvalue weighted by molar-refractivity contribution is -0.125. The fourth-order valence-corrected chi connectivity index (χ4v) is 6.91. The molecule has 0 radical (unpaired) electrons. The van der Waals surface area contributed by atoms with E-state index in [1.165, 1.54) is 11.1 Å². The van der Waals surface area contributed by atoms with Gasteiger partial charge >= 0.3 is 0 Å². The Kier molecular flexibility index (Phi) is 6.33. The molecule has 4 aliphatic rings. The molecule has 3 saturated carbocycles. The van der Waals surface area contributed by atoms with Crippen LogP contribution in [0.2, 0.25) is 10.0 Å². The zero-order chi connectivity index (χ0) is 32.0. The minimum absolute atomic E-state index is 0.154. The molecule has 236 valence electrons. The van der Waals surface area contributed by atoms with Crippen molar-refractivity contribution in [1.29, 1.82) is 0 Å². The number of fused-ring (bicyclic) bond motifs is 1. The van der Waals surface area contributed by atoms with E-state index in [-0.39, 0.29) is 29.9 Å². The van der Waals surface area contributed by atoms with Crippen molar-refractivity contribution in [2.45, 2.75) is 74.4 Å². The van der Waals surface area contributed by atoms with Crippen molar-refractivity contribution >= 4 is 58.2 Å². The van der Waals surface area contributed by atoms with Crippen LogP contribution in [0.5, 0.6) is 0 Å². The fourth-order valence-electron chi connectivity index (χ4n) is 6.39. The third-order valence-corrected chi connectivity index (χ3v) is 9.97. The second-order valence-corrected chi connectivity index (χ2v) is 14.0. The number of benzene rings is 2. The summed E-state index contributed by atoms with van der Waals surface area (Å²) < 4.78 is 1.64. The van der Waals surface area contributed by atoms with Crippen molar-refractivity contribution in [3.05, 3.63) is 81.6 Å². The third-order valence-electron chi connectivity index (χ3n) is 9.53. The standard InChI is InChI=1S/C32H31Cl2N9O3/c1-30(15-17-2-6-21(35)7-3-17)28(46)42(22-13-19(33)12-20(34)14-22)29-36-16-23(43(29)30)25(44)38-32(10-11-32)27(45)39-31(8-9-31)26-37-24(40-41-26)18-4-5-18/h2-3,6-7,12-14,16,18H,4-5,8-11,15,35H2,1H3,(H,38,44)(H,39,45)(H,37,40,41)/t30-/m1/s1. The molecule has 12 nitrogen and oxygen atoms in total. The number of carbonyl (C=O) groups excluding carboxylic acids is 3. The average molecular weight is 661 g/mol. The van der Waals surface area contributed by atoms with Gasteiger partial charge in [-0.25, -0.2) is 9.88 Å². The molecule has 1 atom stereocenters. The highest BCUT2D eigenvalue weighted by Crippen LogP contribution is 2.48. The van der Waals surface area contributed by atoms with Crippen molar-refractivity contribution in [1.82, 2.24) is 35.4 Å². The van der Waals surface area contributed by atoms with Crippen molar-refractivity contribution in [2.24, 2.45) is 0 Å². The predicted molar refractivity (Wildman–Crippen MR) is 171 cm³/mol. The number of hydrogen-bond acceptors (Lipinski definition) is 7. The molecule has 0 unspecified atom stereocenters. The van der Waals surface area contributed by atoms with Crippen molar-refractivity contribution in [2.75, 3.05) is 10.6 Å². The second kappa shape index (κ2) is 10.0. The second-order valence-electron chi connectivity index (χ2n) is 13.1. The Morgan fingerprint density at radius 2 is 1.72 bits per heavy atom. The molecule has 2 aromatic carbocycles. The minimum Gasteiger partial charge on any atom is -0.399 e. The van der Waals surface area contributed by atoms with E-state index in [4.69, 9.17) is 28.9 Å². The van der Waals surface area contributed by atoms with E-state index >= 15 is 0 Å². The molecule has 3 fully saturated rings. The largest absolute Gasteiger partial charge is 0.399 e. The number of carbonyl (C=O) groups is 3. The molecule has 0 saturated heterocycles. The van der Waals surface area contributed by atoms with Crippen LogP contribution >= 0.6 is 23.2 Å². The van der Waals surface area contributed by atoms with Crippen LogP contribution in [0.3, 0.4) is 0 Å². The van der Waals surface area contributed by atoms with Crippen molar-refractivity contribution in [3.8, 4) is 0 Å². The normalized spacial score (nSPS) is 22.0. The zero-order valence-electron chi connectivity index (χ0n) is 24.9. The molecular weight excluding hydrogens is 629 g/mol. The van der Waals surface area contributed by atoms with E-state index in [1.807, 2.05) is 12.1 Å². The number of imidazole rings is 1. The Balaban J connectivity index is 1.10. The summed E-state index contributed by atoms with van der Waals surface area (Å²) >= 11 is 12.6. The van der Waals surface area contributed by atoms with E-state index in [0.717, 1.165) is 37.1 Å². The highest BCUT2D eigenvalue weighted by molar-refractivity contribution is 6.35. The van der Waals surface area contributed by atoms with Gasteiger partial charge < -0.3 is 21.4 Å². The number of nitrogens with zero attached hydrogens (tertiary/aromatic N) is 5. The number of aromatic nitrogens is 5. The summed E-state index contributed by atoms with van der Waals surface area (Å²) in [5, 5.41) is 15.5. The molecule has 1 aliphatic heterocycles. The first-order chi connectivity index (χ1) is 22.0. The number of aromatic amines is 1. The lowest BCUT2D eigenvalue weighted by Crippen LogP contribution is -2.52. The van der Waals surface area contributed by atoms with Crippen LogP contribution in [0.25, 0.3) is 0 Å². The number of rotatable bonds is 9. The Morgan fingerprint density at radius 1 is 1.02 bits per heavy atom. The van der Waals surface area contributed by atoms with Gasteiger partial charge in [-0.05, 0) is 81.3 Å². The molecule has 3 amide bonds. The number of halogens is 2. The molecule has 0 bridgehead atoms. The van der Waals surface area contributed by atoms with Gasteiger partial charge in [-0.3, -0.25) is 19.0 Å². The van der Waals surface area contributed by atoms with E-state index in [9.17, 15) is 14.4 Å². The van der Waals surface area contributed by atoms with E-state index in [2.05, 4.69) is 30.8 Å². The van der Waals surface area contributed by atoms with Gasteiger partial charge in [0.2, 0.25) is 11.9 Å². The lowest BCUT2D eigenvalue weighted by Gasteiger charge is -2.27. The summed E-state index contributed by atoms with van der Waals surface area (Å²) in [4.78, 5) is 51.3. The van der Waals surface area contributed by atoms with E-state index < -0.39 is 22.5 Å². The fraction of sp³-hybridized carbons (Fsp3) is 0.375. The van der Waals surface area contributed by atoms with Crippen LogP contribution in [-0.4, -0.2) is 48.0 Å². The molecule has 14 heteroatoms. The molecule has 2 aromatic heterocycles. The number of amides is 3. The maximum Gasteiger partial charge on any atom is 0.270 e. The molecule has 0 spiro atoms. The van der Waals surface area contributed by atoms with Crippen molar-refractivity contribution in [3.63, 3.8) is 0 Å². The summed E-state index contributed by atoms with van der Waals surface area (Å²) in [6, 6.07) is 12.1. The third kappa shape index (κ3) is 4.73. The monoisotopic (exact) mass is 659 g/mol. The molecule has 3 heterocycles. The molecule has 46 heavy (non-hydrogen) atoms. The van der Waals surface area contributed by atoms with Gasteiger partial charge in [-0.15, -0.1) is 10.2 Å². The Morgan fingerprint density at radius 3 is 2.35 bits per heavy atom. The summed E-state index contributed by atoms with van der Waals surface area (Å²) in [7, 11) is 0. The van der Waals surface area contributed by atoms with E-state index in [1.54, 1.807) is 41.8 Å². The highest BCUT2D eigenvalue weighted by atomic mass is 35.5. The average Bonchev–Trinajstić information content (AvgIpc) is 3.98. The number of H-pyrrole nitrogens is 1. The van der Waals surface area contributed by atoms with Crippen LogP contribution in [0.4, 0.5) is 17.3 Å². The number of anilines is 3. The first-order valence-corrected chi connectivity index (χ1v) is 16.1. The first kappa shape index (κ1) is 29.0. The lowest BCUT2D eigenvalue weighted by atomic mass is 9.91. The van der Waals surface area contributed by atoms with Crippen LogP contribution in [0.15, 0.2) is 48.7 Å². The Labute approximate surface area is 274 Å². The maximum atomic E-state index is 14.3. The van der Waals surface area contributed by atoms with Gasteiger partial charge in [0, 0.05) is 28.1 Å². The van der Waals surface area contributed by atoms with Gasteiger partial charge in [0.1, 0.15) is 28.1 Å². The molecule has 3 aliphatic carbocycles. The smallest absolute Gasteiger partial charge is 0.270 e. The topological polar surface area (TPSA) is 164 Å². The summed E-state index contributed by atoms with van der Waals surface area (Å²) in [6.45, 7) is 1.77. The minimum atomic E-state index is -1.26. The number of nitrogens with two attached hydrogens (primary N) is 1. The summed E-state index contributed by atoms with van der Waals surface area (Å²) in [6.07, 6.45) is 6.32. The SMILES string of the molecule is C[C@@]1(Cc2ccc(N)cc2)C(=O)N(c2cc(Cl)cc(Cl)c2)c2ncc(C(=O)NC3(C(=O)NC4(c5nnc(C6CC6)[nH]5)CC4)CC3)n21. The maximum absolute atomic E-state index is 14.3. The van der Waals surface area contributed by atoms with Gasteiger partial charge in [-0.2, -0.15) is 0 Å². The quantitative estimate of drug-likeness (QED) is 0.193. The number of hydrogen-bond donors (Lipinski definition) is 4. The molecular formula is C32H31Cl2N9O3. The molecule has 4 aromatic rings. The summed E-state index contributed by atoms with van der Waals surface area (Å²) in [5.41, 5.74) is 4.99. The van der Waals surface area contributed by atoms with E-state index in [0.29, 0.717) is 46.0 Å². The Hall–Kier alpha value is -4.42. The number of nitrogen functional groups attached to an aromatic ring is 1. The molecule has 8 rings (SSSR count). The predicted octanol–water partition coefficient (Wildman–Crippen LogP) is 4.47. The zero-order valence-corrected chi connectivity index (χ0v) is 26.5. The van der Waals surface area contributed by atoms with Crippen LogP contribution in [0, 0.1) is 0 Å². The van der Waals surface area contributed by atoms with Gasteiger partial charge in [0.15, 0.2) is 5.82 Å². The van der Waals surface area contributed by atoms with Gasteiger partial charge in [0.05, 0.1) is 11.9 Å².